The number of hydrogen-bond donors (Lipinski definition) is 2. The number of nitrogens with two attached hydrogens (primary N) is 2. The zero-order valence-corrected chi connectivity index (χ0v) is 7.53. The minimum absolute atomic E-state index is 0.138. The molecule has 1 atom stereocenters. The van der Waals surface area contributed by atoms with Crippen molar-refractivity contribution in [3.63, 3.8) is 0 Å². The Morgan fingerprint density at radius 1 is 1.55 bits per heavy atom. The molecular weight excluding hydrogens is 156 g/mol. The van der Waals surface area contributed by atoms with Crippen molar-refractivity contribution in [3.05, 3.63) is 21.9 Å². The predicted molar refractivity (Wildman–Crippen MR) is 49.7 cm³/mol. The first-order valence-electron chi connectivity index (χ1n) is 3.76. The fourth-order valence-electron chi connectivity index (χ4n) is 0.975. The molecule has 1 unspecified atom stereocenters. The van der Waals surface area contributed by atoms with Crippen molar-refractivity contribution < 1.29 is 0 Å². The highest BCUT2D eigenvalue weighted by molar-refractivity contribution is 7.12. The third-order valence-electron chi connectivity index (χ3n) is 1.60. The normalized spacial score (nSPS) is 13.4. The van der Waals surface area contributed by atoms with Crippen LogP contribution >= 0.6 is 11.3 Å². The largest absolute Gasteiger partial charge is 0.330 e. The van der Waals surface area contributed by atoms with E-state index in [2.05, 4.69) is 19.1 Å². The van der Waals surface area contributed by atoms with E-state index in [0.717, 1.165) is 6.42 Å². The van der Waals surface area contributed by atoms with Gasteiger partial charge in [-0.25, -0.2) is 0 Å². The maximum Gasteiger partial charge on any atom is 0.0401 e. The summed E-state index contributed by atoms with van der Waals surface area (Å²) >= 11 is 1.76. The standard InChI is InChI=1S/C8H14N2S/c1-6-2-3-8(11-6)7(10)4-5-9/h2-3,7H,4-5,9-10H2,1H3. The summed E-state index contributed by atoms with van der Waals surface area (Å²) in [5, 5.41) is 0. The van der Waals surface area contributed by atoms with Gasteiger partial charge in [0.05, 0.1) is 0 Å². The van der Waals surface area contributed by atoms with Crippen LogP contribution in [0.15, 0.2) is 12.1 Å². The summed E-state index contributed by atoms with van der Waals surface area (Å²) in [6.07, 6.45) is 0.875. The van der Waals surface area contributed by atoms with E-state index >= 15 is 0 Å². The third kappa shape index (κ3) is 2.29. The van der Waals surface area contributed by atoms with Crippen LogP contribution in [0.1, 0.15) is 22.2 Å². The van der Waals surface area contributed by atoms with Crippen LogP contribution in [0, 0.1) is 6.92 Å². The summed E-state index contributed by atoms with van der Waals surface area (Å²) in [5.74, 6) is 0. The Morgan fingerprint density at radius 2 is 2.27 bits per heavy atom. The van der Waals surface area contributed by atoms with E-state index in [1.807, 2.05) is 0 Å². The molecule has 0 aliphatic carbocycles. The molecule has 0 aliphatic rings. The average Bonchev–Trinajstić information content (AvgIpc) is 2.36. The first kappa shape index (κ1) is 8.71. The van der Waals surface area contributed by atoms with Gasteiger partial charge in [0.1, 0.15) is 0 Å². The van der Waals surface area contributed by atoms with Crippen molar-refractivity contribution in [2.75, 3.05) is 6.54 Å². The molecule has 1 aromatic heterocycles. The van der Waals surface area contributed by atoms with Crippen LogP contribution in [0.2, 0.25) is 0 Å². The van der Waals surface area contributed by atoms with Gasteiger partial charge in [0.2, 0.25) is 0 Å². The van der Waals surface area contributed by atoms with Crippen LogP contribution in [0.25, 0.3) is 0 Å². The molecular formula is C8H14N2S. The lowest BCUT2D eigenvalue weighted by Gasteiger charge is -2.05. The van der Waals surface area contributed by atoms with E-state index in [9.17, 15) is 0 Å². The molecule has 0 amide bonds. The van der Waals surface area contributed by atoms with Gasteiger partial charge in [-0.05, 0) is 32.0 Å². The van der Waals surface area contributed by atoms with Crippen LogP contribution in [0.5, 0.6) is 0 Å². The second kappa shape index (κ2) is 3.85. The Bertz CT molecular complexity index is 220. The molecule has 1 rings (SSSR count). The molecule has 0 radical (unpaired) electrons. The molecule has 11 heavy (non-hydrogen) atoms. The molecule has 3 heteroatoms. The Morgan fingerprint density at radius 3 is 2.73 bits per heavy atom. The van der Waals surface area contributed by atoms with Crippen molar-refractivity contribution in [2.24, 2.45) is 11.5 Å². The minimum atomic E-state index is 0.138. The van der Waals surface area contributed by atoms with Crippen LogP contribution in [-0.2, 0) is 0 Å². The summed E-state index contributed by atoms with van der Waals surface area (Å²) in [7, 11) is 0. The fraction of sp³-hybridized carbons (Fsp3) is 0.500. The molecule has 0 saturated carbocycles. The van der Waals surface area contributed by atoms with E-state index in [1.165, 1.54) is 9.75 Å². The highest BCUT2D eigenvalue weighted by Crippen LogP contribution is 2.22. The van der Waals surface area contributed by atoms with E-state index < -0.39 is 0 Å². The molecule has 62 valence electrons. The fourth-order valence-corrected chi connectivity index (χ4v) is 1.89. The number of thiophene rings is 1. The molecule has 1 aromatic rings. The van der Waals surface area contributed by atoms with Crippen molar-refractivity contribution >= 4 is 11.3 Å². The monoisotopic (exact) mass is 170 g/mol. The maximum atomic E-state index is 5.85. The third-order valence-corrected chi connectivity index (χ3v) is 2.74. The van der Waals surface area contributed by atoms with Crippen LogP contribution in [0.3, 0.4) is 0 Å². The van der Waals surface area contributed by atoms with Crippen molar-refractivity contribution in [2.45, 2.75) is 19.4 Å². The van der Waals surface area contributed by atoms with Gasteiger partial charge >= 0.3 is 0 Å². The van der Waals surface area contributed by atoms with Gasteiger partial charge in [0.15, 0.2) is 0 Å². The van der Waals surface area contributed by atoms with Crippen molar-refractivity contribution in [3.8, 4) is 0 Å². The quantitative estimate of drug-likeness (QED) is 0.720. The Labute approximate surface area is 71.2 Å². The summed E-state index contributed by atoms with van der Waals surface area (Å²) in [4.78, 5) is 2.56. The first-order chi connectivity index (χ1) is 5.24. The van der Waals surface area contributed by atoms with E-state index in [4.69, 9.17) is 11.5 Å². The van der Waals surface area contributed by atoms with E-state index in [0.29, 0.717) is 6.54 Å². The molecule has 0 saturated heterocycles. The Balaban J connectivity index is 2.60. The lowest BCUT2D eigenvalue weighted by molar-refractivity contribution is 0.672. The van der Waals surface area contributed by atoms with E-state index in [1.54, 1.807) is 11.3 Å². The van der Waals surface area contributed by atoms with Crippen LogP contribution in [0.4, 0.5) is 0 Å². The molecule has 0 aliphatic heterocycles. The SMILES string of the molecule is Cc1ccc(C(N)CCN)s1. The highest BCUT2D eigenvalue weighted by atomic mass is 32.1. The number of rotatable bonds is 3. The maximum absolute atomic E-state index is 5.85. The van der Waals surface area contributed by atoms with Crippen LogP contribution in [-0.4, -0.2) is 6.54 Å². The smallest absolute Gasteiger partial charge is 0.0401 e. The topological polar surface area (TPSA) is 52.0 Å². The highest BCUT2D eigenvalue weighted by Gasteiger charge is 2.05. The van der Waals surface area contributed by atoms with Gasteiger partial charge in [0.25, 0.3) is 0 Å². The molecule has 1 heterocycles. The number of hydrogen-bond acceptors (Lipinski definition) is 3. The van der Waals surface area contributed by atoms with Gasteiger partial charge in [-0.2, -0.15) is 0 Å². The van der Waals surface area contributed by atoms with Gasteiger partial charge in [0, 0.05) is 15.8 Å². The van der Waals surface area contributed by atoms with Crippen molar-refractivity contribution in [1.29, 1.82) is 0 Å². The molecule has 0 bridgehead atoms. The Hall–Kier alpha value is -0.380. The van der Waals surface area contributed by atoms with Gasteiger partial charge in [-0.3, -0.25) is 0 Å². The summed E-state index contributed by atoms with van der Waals surface area (Å²) in [6, 6.07) is 4.31. The summed E-state index contributed by atoms with van der Waals surface area (Å²) in [6.45, 7) is 2.75. The summed E-state index contributed by atoms with van der Waals surface area (Å²) < 4.78 is 0. The zero-order valence-electron chi connectivity index (χ0n) is 6.71. The lowest BCUT2D eigenvalue weighted by Crippen LogP contribution is -2.13. The Kier molecular flexibility index (Phi) is 3.05. The van der Waals surface area contributed by atoms with Crippen LogP contribution < -0.4 is 11.5 Å². The van der Waals surface area contributed by atoms with Crippen molar-refractivity contribution in [1.82, 2.24) is 0 Å². The minimum Gasteiger partial charge on any atom is -0.330 e. The van der Waals surface area contributed by atoms with Gasteiger partial charge < -0.3 is 11.5 Å². The second-order valence-electron chi connectivity index (χ2n) is 2.63. The molecule has 4 N–H and O–H groups in total. The summed E-state index contributed by atoms with van der Waals surface area (Å²) in [5.41, 5.74) is 11.2. The molecule has 2 nitrogen and oxygen atoms in total. The van der Waals surface area contributed by atoms with Gasteiger partial charge in [-0.15, -0.1) is 11.3 Å². The number of aryl methyl sites for hydroxylation is 1. The second-order valence-corrected chi connectivity index (χ2v) is 3.95. The first-order valence-corrected chi connectivity index (χ1v) is 4.57. The lowest BCUT2D eigenvalue weighted by atomic mass is 10.2. The average molecular weight is 170 g/mol. The molecule has 0 fully saturated rings. The predicted octanol–water partition coefficient (Wildman–Crippen LogP) is 1.41. The van der Waals surface area contributed by atoms with Gasteiger partial charge in [-0.1, -0.05) is 0 Å². The molecule has 0 aromatic carbocycles. The molecule has 0 spiro atoms. The van der Waals surface area contributed by atoms with E-state index in [-0.39, 0.29) is 6.04 Å². The zero-order chi connectivity index (χ0) is 8.27.